The molecule has 0 unspecified atom stereocenters. The lowest BCUT2D eigenvalue weighted by Crippen LogP contribution is -2.05. The summed E-state index contributed by atoms with van der Waals surface area (Å²) in [7, 11) is -2.16. The average Bonchev–Trinajstić information content (AvgIpc) is 2.24. The lowest BCUT2D eigenvalue weighted by molar-refractivity contribution is 0.405. The van der Waals surface area contributed by atoms with E-state index < -0.39 is 15.7 Å². The van der Waals surface area contributed by atoms with Crippen molar-refractivity contribution < 1.29 is 17.5 Å². The highest BCUT2D eigenvalue weighted by molar-refractivity contribution is 7.90. The van der Waals surface area contributed by atoms with Gasteiger partial charge in [-0.15, -0.1) is 0 Å². The zero-order valence-corrected chi connectivity index (χ0v) is 10.7. The molecule has 0 saturated carbocycles. The summed E-state index contributed by atoms with van der Waals surface area (Å²) >= 11 is 0. The highest BCUT2D eigenvalue weighted by Crippen LogP contribution is 2.26. The van der Waals surface area contributed by atoms with Crippen LogP contribution >= 0.6 is 0 Å². The van der Waals surface area contributed by atoms with Gasteiger partial charge in [0.05, 0.1) is 7.11 Å². The largest absolute Gasteiger partial charge is 0.496 e. The van der Waals surface area contributed by atoms with Crippen LogP contribution < -0.4 is 10.5 Å². The van der Waals surface area contributed by atoms with E-state index in [2.05, 4.69) is 0 Å². The van der Waals surface area contributed by atoms with Crippen molar-refractivity contribution in [3.05, 3.63) is 23.5 Å². The molecule has 2 N–H and O–H groups in total. The molecule has 0 saturated heterocycles. The standard InChI is InChI=1S/C11H16FNO3S/c1-16-10-7-11(17(2,14)15)9(12)6-8(10)4-3-5-13/h6-7H,3-5,13H2,1-2H3. The van der Waals surface area contributed by atoms with Gasteiger partial charge < -0.3 is 10.5 Å². The van der Waals surface area contributed by atoms with Crippen LogP contribution in [0.5, 0.6) is 5.75 Å². The van der Waals surface area contributed by atoms with Gasteiger partial charge in [0.1, 0.15) is 16.5 Å². The summed E-state index contributed by atoms with van der Waals surface area (Å²) in [5.74, 6) is -0.374. The van der Waals surface area contributed by atoms with Crippen LogP contribution in [0.4, 0.5) is 4.39 Å². The first kappa shape index (κ1) is 13.9. The first-order chi connectivity index (χ1) is 7.90. The van der Waals surface area contributed by atoms with Crippen molar-refractivity contribution in [2.75, 3.05) is 19.9 Å². The Bertz CT molecular complexity index is 500. The van der Waals surface area contributed by atoms with Crippen molar-refractivity contribution in [3.8, 4) is 5.75 Å². The monoisotopic (exact) mass is 261 g/mol. The lowest BCUT2D eigenvalue weighted by atomic mass is 10.1. The molecule has 0 aliphatic rings. The van der Waals surface area contributed by atoms with Crippen LogP contribution in [0.25, 0.3) is 0 Å². The highest BCUT2D eigenvalue weighted by Gasteiger charge is 2.17. The van der Waals surface area contributed by atoms with Crippen LogP contribution in [0, 0.1) is 5.82 Å². The molecule has 0 atom stereocenters. The van der Waals surface area contributed by atoms with Gasteiger partial charge in [0.2, 0.25) is 0 Å². The number of rotatable bonds is 5. The molecule has 1 aromatic carbocycles. The van der Waals surface area contributed by atoms with E-state index in [1.54, 1.807) is 0 Å². The first-order valence-electron chi connectivity index (χ1n) is 5.16. The number of sulfone groups is 1. The fourth-order valence-electron chi connectivity index (χ4n) is 1.54. The normalized spacial score (nSPS) is 11.5. The van der Waals surface area contributed by atoms with Crippen molar-refractivity contribution in [2.45, 2.75) is 17.7 Å². The third kappa shape index (κ3) is 3.41. The fourth-order valence-corrected chi connectivity index (χ4v) is 2.27. The Hall–Kier alpha value is -1.14. The Morgan fingerprint density at radius 3 is 2.53 bits per heavy atom. The summed E-state index contributed by atoms with van der Waals surface area (Å²) in [6.45, 7) is 0.485. The molecule has 0 aliphatic carbocycles. The van der Waals surface area contributed by atoms with Gasteiger partial charge in [0.15, 0.2) is 9.84 Å². The molecule has 96 valence electrons. The second kappa shape index (κ2) is 5.46. The third-order valence-corrected chi connectivity index (χ3v) is 3.50. The number of hydrogen-bond acceptors (Lipinski definition) is 4. The number of nitrogens with two attached hydrogens (primary N) is 1. The zero-order chi connectivity index (χ0) is 13.1. The number of halogens is 1. The van der Waals surface area contributed by atoms with Crippen molar-refractivity contribution in [1.29, 1.82) is 0 Å². The van der Waals surface area contributed by atoms with E-state index in [4.69, 9.17) is 10.5 Å². The van der Waals surface area contributed by atoms with Crippen molar-refractivity contribution in [3.63, 3.8) is 0 Å². The van der Waals surface area contributed by atoms with E-state index in [1.807, 2.05) is 0 Å². The summed E-state index contributed by atoms with van der Waals surface area (Å²) in [5, 5.41) is 0. The lowest BCUT2D eigenvalue weighted by Gasteiger charge is -2.10. The molecular formula is C11H16FNO3S. The number of hydrogen-bond donors (Lipinski definition) is 1. The topological polar surface area (TPSA) is 69.4 Å². The molecule has 0 aliphatic heterocycles. The SMILES string of the molecule is COc1cc(S(C)(=O)=O)c(F)cc1CCCN. The molecule has 0 amide bonds. The predicted octanol–water partition coefficient (Wildman–Crippen LogP) is 1.13. The number of methoxy groups -OCH3 is 1. The molecule has 0 fully saturated rings. The Morgan fingerprint density at radius 1 is 1.41 bits per heavy atom. The minimum atomic E-state index is -3.58. The quantitative estimate of drug-likeness (QED) is 0.862. The van der Waals surface area contributed by atoms with E-state index >= 15 is 0 Å². The van der Waals surface area contributed by atoms with Gasteiger partial charge in [-0.25, -0.2) is 12.8 Å². The molecule has 6 heteroatoms. The Balaban J connectivity index is 3.25. The predicted molar refractivity (Wildman–Crippen MR) is 63.4 cm³/mol. The van der Waals surface area contributed by atoms with Crippen molar-refractivity contribution >= 4 is 9.84 Å². The van der Waals surface area contributed by atoms with E-state index in [1.165, 1.54) is 19.2 Å². The summed E-state index contributed by atoms with van der Waals surface area (Å²) in [5.41, 5.74) is 6.00. The summed E-state index contributed by atoms with van der Waals surface area (Å²) in [6, 6.07) is 2.42. The summed E-state index contributed by atoms with van der Waals surface area (Å²) < 4.78 is 41.3. The van der Waals surface area contributed by atoms with E-state index in [-0.39, 0.29) is 4.90 Å². The third-order valence-electron chi connectivity index (χ3n) is 2.38. The van der Waals surface area contributed by atoms with Crippen LogP contribution in [-0.2, 0) is 16.3 Å². The summed E-state index contributed by atoms with van der Waals surface area (Å²) in [4.78, 5) is -0.342. The first-order valence-corrected chi connectivity index (χ1v) is 7.05. The van der Waals surface area contributed by atoms with Gasteiger partial charge in [-0.05, 0) is 31.0 Å². The molecule has 1 aromatic rings. The van der Waals surface area contributed by atoms with Crippen LogP contribution in [0.15, 0.2) is 17.0 Å². The van der Waals surface area contributed by atoms with Crippen LogP contribution in [0.3, 0.4) is 0 Å². The number of ether oxygens (including phenoxy) is 1. The fraction of sp³-hybridized carbons (Fsp3) is 0.455. The number of benzene rings is 1. The molecular weight excluding hydrogens is 245 g/mol. The van der Waals surface area contributed by atoms with Gasteiger partial charge in [-0.3, -0.25) is 0 Å². The van der Waals surface area contributed by atoms with Gasteiger partial charge >= 0.3 is 0 Å². The second-order valence-electron chi connectivity index (χ2n) is 3.76. The molecule has 0 bridgehead atoms. The molecule has 1 rings (SSSR count). The Labute approximate surface area is 101 Å². The van der Waals surface area contributed by atoms with E-state index in [0.717, 1.165) is 6.26 Å². The van der Waals surface area contributed by atoms with E-state index in [0.29, 0.717) is 30.7 Å². The van der Waals surface area contributed by atoms with Gasteiger partial charge in [0.25, 0.3) is 0 Å². The van der Waals surface area contributed by atoms with Gasteiger partial charge in [-0.1, -0.05) is 0 Å². The number of aryl methyl sites for hydroxylation is 1. The molecule has 0 radical (unpaired) electrons. The second-order valence-corrected chi connectivity index (χ2v) is 5.74. The summed E-state index contributed by atoms with van der Waals surface area (Å²) in [6.07, 6.45) is 2.21. The van der Waals surface area contributed by atoms with Gasteiger partial charge in [0, 0.05) is 12.3 Å². The average molecular weight is 261 g/mol. The van der Waals surface area contributed by atoms with E-state index in [9.17, 15) is 12.8 Å². The molecule has 17 heavy (non-hydrogen) atoms. The van der Waals surface area contributed by atoms with Crippen LogP contribution in [-0.4, -0.2) is 28.3 Å². The smallest absolute Gasteiger partial charge is 0.178 e. The minimum absolute atomic E-state index is 0.342. The molecule has 0 spiro atoms. The van der Waals surface area contributed by atoms with Crippen molar-refractivity contribution in [2.24, 2.45) is 5.73 Å². The Kier molecular flexibility index (Phi) is 4.47. The Morgan fingerprint density at radius 2 is 2.06 bits per heavy atom. The maximum Gasteiger partial charge on any atom is 0.178 e. The van der Waals surface area contributed by atoms with Crippen LogP contribution in [0.1, 0.15) is 12.0 Å². The molecule has 0 aromatic heterocycles. The maximum absolute atomic E-state index is 13.6. The van der Waals surface area contributed by atoms with Crippen molar-refractivity contribution in [1.82, 2.24) is 0 Å². The van der Waals surface area contributed by atoms with Gasteiger partial charge in [-0.2, -0.15) is 0 Å². The highest BCUT2D eigenvalue weighted by atomic mass is 32.2. The molecule has 4 nitrogen and oxygen atoms in total. The maximum atomic E-state index is 13.6. The molecule has 0 heterocycles. The van der Waals surface area contributed by atoms with Crippen LogP contribution in [0.2, 0.25) is 0 Å². The minimum Gasteiger partial charge on any atom is -0.496 e. The zero-order valence-electron chi connectivity index (χ0n) is 9.86.